The molecular formula is C11H16FNS. The Morgan fingerprint density at radius 2 is 2.00 bits per heavy atom. The molecule has 0 amide bonds. The summed E-state index contributed by atoms with van der Waals surface area (Å²) in [5.41, 5.74) is 5.54. The van der Waals surface area contributed by atoms with Gasteiger partial charge in [0, 0.05) is 17.2 Å². The topological polar surface area (TPSA) is 26.0 Å². The third-order valence-corrected chi connectivity index (χ3v) is 3.30. The highest BCUT2D eigenvalue weighted by molar-refractivity contribution is 7.99. The summed E-state index contributed by atoms with van der Waals surface area (Å²) < 4.78 is 13.3. The zero-order chi connectivity index (χ0) is 10.6. The first-order valence-corrected chi connectivity index (χ1v) is 5.61. The van der Waals surface area contributed by atoms with Gasteiger partial charge in [-0.2, -0.15) is 0 Å². The molecule has 0 spiro atoms. The van der Waals surface area contributed by atoms with Gasteiger partial charge in [0.15, 0.2) is 0 Å². The maximum absolute atomic E-state index is 13.3. The minimum atomic E-state index is -1.13. The maximum Gasteiger partial charge on any atom is 0.114 e. The molecule has 78 valence electrons. The Morgan fingerprint density at radius 1 is 1.36 bits per heavy atom. The summed E-state index contributed by atoms with van der Waals surface area (Å²) in [4.78, 5) is 1.08. The van der Waals surface area contributed by atoms with Crippen molar-refractivity contribution >= 4 is 11.8 Å². The first-order valence-electron chi connectivity index (χ1n) is 4.62. The molecule has 1 nitrogen and oxygen atoms in total. The number of halogens is 1. The molecule has 0 aliphatic rings. The van der Waals surface area contributed by atoms with Crippen LogP contribution in [0, 0.1) is 0 Å². The van der Waals surface area contributed by atoms with Gasteiger partial charge in [0.2, 0.25) is 0 Å². The Kier molecular flexibility index (Phi) is 3.96. The average molecular weight is 213 g/mol. The number of alkyl halides is 1. The molecule has 0 unspecified atom stereocenters. The van der Waals surface area contributed by atoms with Crippen LogP contribution in [-0.4, -0.2) is 11.4 Å². The molecule has 0 fully saturated rings. The molecule has 0 atom stereocenters. The summed E-state index contributed by atoms with van der Waals surface area (Å²) >= 11 is 1.52. The summed E-state index contributed by atoms with van der Waals surface area (Å²) in [5.74, 6) is 0.462. The standard InChI is InChI=1S/C11H16FNS/c1-11(2,12)8-14-10-6-4-3-5-9(10)7-13/h3-6H,7-8,13H2,1-2H3. The molecule has 1 aromatic rings. The van der Waals surface area contributed by atoms with Gasteiger partial charge in [-0.25, -0.2) is 4.39 Å². The molecule has 14 heavy (non-hydrogen) atoms. The Morgan fingerprint density at radius 3 is 2.57 bits per heavy atom. The molecule has 0 aliphatic heterocycles. The maximum atomic E-state index is 13.3. The van der Waals surface area contributed by atoms with E-state index >= 15 is 0 Å². The zero-order valence-corrected chi connectivity index (χ0v) is 9.40. The normalized spacial score (nSPS) is 11.7. The van der Waals surface area contributed by atoms with E-state index in [1.165, 1.54) is 11.8 Å². The molecule has 3 heteroatoms. The van der Waals surface area contributed by atoms with Crippen molar-refractivity contribution in [2.45, 2.75) is 31.0 Å². The summed E-state index contributed by atoms with van der Waals surface area (Å²) in [6.07, 6.45) is 0. The second-order valence-corrected chi connectivity index (χ2v) is 4.84. The molecule has 1 aromatic carbocycles. The highest BCUT2D eigenvalue weighted by Gasteiger charge is 2.16. The van der Waals surface area contributed by atoms with E-state index in [0.717, 1.165) is 10.5 Å². The molecule has 0 saturated carbocycles. The monoisotopic (exact) mass is 213 g/mol. The predicted molar refractivity (Wildman–Crippen MR) is 60.2 cm³/mol. The lowest BCUT2D eigenvalue weighted by Crippen LogP contribution is -2.15. The van der Waals surface area contributed by atoms with E-state index < -0.39 is 5.67 Å². The second-order valence-electron chi connectivity index (χ2n) is 3.82. The van der Waals surface area contributed by atoms with Crippen molar-refractivity contribution in [3.63, 3.8) is 0 Å². The van der Waals surface area contributed by atoms with Gasteiger partial charge >= 0.3 is 0 Å². The van der Waals surface area contributed by atoms with Gasteiger partial charge in [0.25, 0.3) is 0 Å². The van der Waals surface area contributed by atoms with Crippen LogP contribution >= 0.6 is 11.8 Å². The summed E-state index contributed by atoms with van der Waals surface area (Å²) in [6, 6.07) is 7.87. The van der Waals surface area contributed by atoms with Gasteiger partial charge in [-0.15, -0.1) is 11.8 Å². The van der Waals surface area contributed by atoms with E-state index in [9.17, 15) is 4.39 Å². The molecule has 2 N–H and O–H groups in total. The lowest BCUT2D eigenvalue weighted by Gasteiger charge is -2.14. The quantitative estimate of drug-likeness (QED) is 0.778. The van der Waals surface area contributed by atoms with E-state index in [-0.39, 0.29) is 0 Å². The van der Waals surface area contributed by atoms with Crippen molar-refractivity contribution in [2.24, 2.45) is 5.73 Å². The fourth-order valence-electron chi connectivity index (χ4n) is 1.06. The zero-order valence-electron chi connectivity index (χ0n) is 8.59. The van der Waals surface area contributed by atoms with Crippen molar-refractivity contribution in [3.05, 3.63) is 29.8 Å². The number of benzene rings is 1. The Hall–Kier alpha value is -0.540. The molecule has 0 saturated heterocycles. The van der Waals surface area contributed by atoms with Crippen molar-refractivity contribution in [1.29, 1.82) is 0 Å². The van der Waals surface area contributed by atoms with E-state index in [4.69, 9.17) is 5.73 Å². The van der Waals surface area contributed by atoms with Crippen LogP contribution in [0.25, 0.3) is 0 Å². The van der Waals surface area contributed by atoms with Crippen molar-refractivity contribution in [1.82, 2.24) is 0 Å². The number of hydrogen-bond acceptors (Lipinski definition) is 2. The Balaban J connectivity index is 2.67. The van der Waals surface area contributed by atoms with Crippen molar-refractivity contribution in [3.8, 4) is 0 Å². The molecule has 0 bridgehead atoms. The summed E-state index contributed by atoms with van der Waals surface area (Å²) in [7, 11) is 0. The minimum Gasteiger partial charge on any atom is -0.326 e. The van der Waals surface area contributed by atoms with E-state index in [1.54, 1.807) is 13.8 Å². The first kappa shape index (κ1) is 11.5. The van der Waals surface area contributed by atoms with Crippen LogP contribution in [-0.2, 0) is 6.54 Å². The largest absolute Gasteiger partial charge is 0.326 e. The smallest absolute Gasteiger partial charge is 0.114 e. The lowest BCUT2D eigenvalue weighted by atomic mass is 10.2. The molecule has 0 aromatic heterocycles. The third kappa shape index (κ3) is 3.68. The number of thioether (sulfide) groups is 1. The molecule has 0 heterocycles. The van der Waals surface area contributed by atoms with E-state index in [2.05, 4.69) is 0 Å². The van der Waals surface area contributed by atoms with Gasteiger partial charge in [-0.1, -0.05) is 18.2 Å². The average Bonchev–Trinajstić information content (AvgIpc) is 2.14. The fraction of sp³-hybridized carbons (Fsp3) is 0.455. The molecule has 0 radical (unpaired) electrons. The van der Waals surface area contributed by atoms with Gasteiger partial charge in [-0.05, 0) is 25.5 Å². The minimum absolute atomic E-state index is 0.462. The molecular weight excluding hydrogens is 197 g/mol. The first-order chi connectivity index (χ1) is 6.53. The van der Waals surface area contributed by atoms with Crippen LogP contribution in [0.4, 0.5) is 4.39 Å². The SMILES string of the molecule is CC(C)(F)CSc1ccccc1CN. The van der Waals surface area contributed by atoms with Crippen LogP contribution in [0.1, 0.15) is 19.4 Å². The van der Waals surface area contributed by atoms with Gasteiger partial charge in [-0.3, -0.25) is 0 Å². The van der Waals surface area contributed by atoms with Crippen molar-refractivity contribution in [2.75, 3.05) is 5.75 Å². The summed E-state index contributed by atoms with van der Waals surface area (Å²) in [6.45, 7) is 3.69. The predicted octanol–water partition coefficient (Wildman–Crippen LogP) is 2.99. The van der Waals surface area contributed by atoms with Crippen molar-refractivity contribution < 1.29 is 4.39 Å². The fourth-order valence-corrected chi connectivity index (χ4v) is 2.07. The van der Waals surface area contributed by atoms with Gasteiger partial charge < -0.3 is 5.73 Å². The van der Waals surface area contributed by atoms with Crippen LogP contribution in [0.15, 0.2) is 29.2 Å². The van der Waals surface area contributed by atoms with Gasteiger partial charge in [0.1, 0.15) is 5.67 Å². The number of rotatable bonds is 4. The molecule has 0 aliphatic carbocycles. The Bertz CT molecular complexity index is 294. The number of nitrogens with two attached hydrogens (primary N) is 1. The van der Waals surface area contributed by atoms with Crippen LogP contribution in [0.5, 0.6) is 0 Å². The van der Waals surface area contributed by atoms with Crippen LogP contribution < -0.4 is 5.73 Å². The Labute approximate surface area is 88.9 Å². The summed E-state index contributed by atoms with van der Waals surface area (Å²) in [5, 5.41) is 0. The lowest BCUT2D eigenvalue weighted by molar-refractivity contribution is 0.253. The highest BCUT2D eigenvalue weighted by atomic mass is 32.2. The second kappa shape index (κ2) is 4.80. The van der Waals surface area contributed by atoms with Crippen LogP contribution in [0.3, 0.4) is 0 Å². The number of hydrogen-bond donors (Lipinski definition) is 1. The molecule has 1 rings (SSSR count). The highest BCUT2D eigenvalue weighted by Crippen LogP contribution is 2.27. The van der Waals surface area contributed by atoms with E-state index in [1.807, 2.05) is 24.3 Å². The third-order valence-electron chi connectivity index (χ3n) is 1.76. The van der Waals surface area contributed by atoms with E-state index in [0.29, 0.717) is 12.3 Å². The van der Waals surface area contributed by atoms with Gasteiger partial charge in [0.05, 0.1) is 0 Å². The van der Waals surface area contributed by atoms with Crippen LogP contribution in [0.2, 0.25) is 0 Å².